The van der Waals surface area contributed by atoms with E-state index in [9.17, 15) is 0 Å². The van der Waals surface area contributed by atoms with Gasteiger partial charge in [-0.25, -0.2) is 0 Å². The zero-order valence-corrected chi connectivity index (χ0v) is 10.1. The highest BCUT2D eigenvalue weighted by Gasteiger charge is 2.42. The molecule has 0 aromatic heterocycles. The van der Waals surface area contributed by atoms with Gasteiger partial charge in [-0.05, 0) is 6.42 Å². The van der Waals surface area contributed by atoms with Gasteiger partial charge in [-0.15, -0.1) is 12.4 Å². The molecule has 4 rings (SSSR count). The summed E-state index contributed by atoms with van der Waals surface area (Å²) in [7, 11) is 0. The zero-order chi connectivity index (χ0) is 9.54. The fourth-order valence-electron chi connectivity index (χ4n) is 2.75. The minimum atomic E-state index is 0. The Hall–Kier alpha value is 0.160. The lowest BCUT2D eigenvalue weighted by Gasteiger charge is -2.60. The summed E-state index contributed by atoms with van der Waals surface area (Å²) in [6.45, 7) is 5.62. The smallest absolute Gasteiger partial charge is 0.0702 e. The van der Waals surface area contributed by atoms with Crippen molar-refractivity contribution in [3.05, 3.63) is 11.6 Å². The Labute approximate surface area is 101 Å². The zero-order valence-electron chi connectivity index (χ0n) is 8.55. The highest BCUT2D eigenvalue weighted by Crippen LogP contribution is 2.27. The topological polar surface area (TPSA) is 13.0 Å². The third-order valence-electron chi connectivity index (χ3n) is 3.21. The van der Waals surface area contributed by atoms with Crippen LogP contribution in [0.4, 0.5) is 0 Å². The molecule has 4 aliphatic rings. The van der Waals surface area contributed by atoms with E-state index >= 15 is 0 Å². The van der Waals surface area contributed by atoms with E-state index in [1.165, 1.54) is 0 Å². The average Bonchev–Trinajstić information content (AvgIpc) is 2.15. The van der Waals surface area contributed by atoms with E-state index < -0.39 is 0 Å². The first kappa shape index (κ1) is 11.6. The first-order chi connectivity index (χ1) is 6.86. The molecule has 4 bridgehead atoms. The SMILES string of the molecule is Cl.ClC=CCC1N2CN3CN(C2)CN1C3. The molecule has 86 valence electrons. The van der Waals surface area contributed by atoms with Crippen LogP contribution in [0.15, 0.2) is 11.6 Å². The second-order valence-corrected chi connectivity index (χ2v) is 4.56. The van der Waals surface area contributed by atoms with Crippen LogP contribution in [-0.4, -0.2) is 59.1 Å². The van der Waals surface area contributed by atoms with E-state index in [0.717, 1.165) is 39.8 Å². The highest BCUT2D eigenvalue weighted by molar-refractivity contribution is 6.25. The van der Waals surface area contributed by atoms with Crippen LogP contribution >= 0.6 is 24.0 Å². The van der Waals surface area contributed by atoms with Gasteiger partial charge in [0.25, 0.3) is 0 Å². The van der Waals surface area contributed by atoms with Gasteiger partial charge in [0, 0.05) is 5.54 Å². The second-order valence-electron chi connectivity index (χ2n) is 4.30. The van der Waals surface area contributed by atoms with Gasteiger partial charge >= 0.3 is 0 Å². The maximum absolute atomic E-state index is 5.58. The van der Waals surface area contributed by atoms with Gasteiger partial charge in [0.2, 0.25) is 0 Å². The van der Waals surface area contributed by atoms with E-state index in [-0.39, 0.29) is 12.4 Å². The quantitative estimate of drug-likeness (QED) is 0.723. The summed E-state index contributed by atoms with van der Waals surface area (Å²) >= 11 is 5.58. The van der Waals surface area contributed by atoms with Crippen molar-refractivity contribution in [1.82, 2.24) is 19.6 Å². The summed E-state index contributed by atoms with van der Waals surface area (Å²) in [4.78, 5) is 9.95. The number of hydrogen-bond acceptors (Lipinski definition) is 4. The molecule has 0 aliphatic carbocycles. The molecule has 0 saturated carbocycles. The van der Waals surface area contributed by atoms with Crippen molar-refractivity contribution in [3.8, 4) is 0 Å². The molecule has 0 spiro atoms. The first-order valence-electron chi connectivity index (χ1n) is 5.05. The van der Waals surface area contributed by atoms with Gasteiger partial charge in [0.1, 0.15) is 0 Å². The minimum Gasteiger partial charge on any atom is -0.264 e. The van der Waals surface area contributed by atoms with Crippen LogP contribution in [0.3, 0.4) is 0 Å². The molecule has 0 aromatic carbocycles. The lowest BCUT2D eigenvalue weighted by Crippen LogP contribution is -2.75. The van der Waals surface area contributed by atoms with Crippen molar-refractivity contribution in [2.24, 2.45) is 0 Å². The summed E-state index contributed by atoms with van der Waals surface area (Å²) < 4.78 is 0. The van der Waals surface area contributed by atoms with Crippen molar-refractivity contribution in [1.29, 1.82) is 0 Å². The summed E-state index contributed by atoms with van der Waals surface area (Å²) in [5.41, 5.74) is 1.63. The Balaban J connectivity index is 0.000000853. The maximum atomic E-state index is 5.58. The van der Waals surface area contributed by atoms with E-state index in [0.29, 0.717) is 6.17 Å². The Kier molecular flexibility index (Phi) is 3.55. The summed E-state index contributed by atoms with van der Waals surface area (Å²) in [6, 6.07) is 0. The van der Waals surface area contributed by atoms with Crippen LogP contribution in [-0.2, 0) is 0 Å². The third-order valence-corrected chi connectivity index (χ3v) is 3.38. The molecular weight excluding hydrogens is 235 g/mol. The van der Waals surface area contributed by atoms with Crippen LogP contribution in [0.25, 0.3) is 0 Å². The molecule has 4 aliphatic heterocycles. The van der Waals surface area contributed by atoms with Crippen LogP contribution in [0.2, 0.25) is 0 Å². The molecule has 4 nitrogen and oxygen atoms in total. The predicted molar refractivity (Wildman–Crippen MR) is 62.3 cm³/mol. The Morgan fingerprint density at radius 1 is 1.00 bits per heavy atom. The van der Waals surface area contributed by atoms with Gasteiger partial charge in [-0.3, -0.25) is 19.6 Å². The average molecular weight is 251 g/mol. The third kappa shape index (κ3) is 2.02. The predicted octanol–water partition coefficient (Wildman–Crippen LogP) is 0.913. The van der Waals surface area contributed by atoms with Crippen LogP contribution in [0.1, 0.15) is 6.42 Å². The Morgan fingerprint density at radius 2 is 1.53 bits per heavy atom. The van der Waals surface area contributed by atoms with Gasteiger partial charge in [-0.2, -0.15) is 0 Å². The van der Waals surface area contributed by atoms with Gasteiger partial charge in [0.15, 0.2) is 0 Å². The standard InChI is InChI=1S/C9H15ClN4.ClH/c10-3-1-2-9-13-5-11-4-12(7-13)8-14(9)6-11;/h1,3,9H,2,4-8H2;1H. The number of nitrogens with zero attached hydrogens (tertiary/aromatic N) is 4. The fraction of sp³-hybridized carbons (Fsp3) is 0.778. The normalized spacial score (nSPS) is 47.1. The number of hydrogen-bond donors (Lipinski definition) is 0. The molecule has 0 radical (unpaired) electrons. The molecule has 0 N–H and O–H groups in total. The van der Waals surface area contributed by atoms with Crippen molar-refractivity contribution in [2.75, 3.05) is 33.3 Å². The molecule has 4 fully saturated rings. The fourth-order valence-corrected chi connectivity index (χ4v) is 2.85. The Morgan fingerprint density at radius 3 is 2.00 bits per heavy atom. The number of halogens is 2. The largest absolute Gasteiger partial charge is 0.264 e. The molecule has 0 amide bonds. The van der Waals surface area contributed by atoms with E-state index in [2.05, 4.69) is 25.7 Å². The van der Waals surface area contributed by atoms with Crippen molar-refractivity contribution >= 4 is 24.0 Å². The highest BCUT2D eigenvalue weighted by atomic mass is 35.5. The van der Waals surface area contributed by atoms with Gasteiger partial charge in [0.05, 0.1) is 39.5 Å². The van der Waals surface area contributed by atoms with Crippen LogP contribution in [0, 0.1) is 0 Å². The summed E-state index contributed by atoms with van der Waals surface area (Å²) in [5.74, 6) is 0. The van der Waals surface area contributed by atoms with Crippen molar-refractivity contribution in [3.63, 3.8) is 0 Å². The van der Waals surface area contributed by atoms with Crippen LogP contribution in [0.5, 0.6) is 0 Å². The lowest BCUT2D eigenvalue weighted by atomic mass is 10.2. The molecule has 6 heteroatoms. The van der Waals surface area contributed by atoms with Crippen LogP contribution < -0.4 is 0 Å². The summed E-state index contributed by atoms with van der Waals surface area (Å²) in [6.07, 6.45) is 3.67. The molecule has 0 aromatic rings. The molecule has 4 saturated heterocycles. The minimum absolute atomic E-state index is 0. The molecule has 15 heavy (non-hydrogen) atoms. The summed E-state index contributed by atoms with van der Waals surface area (Å²) in [5, 5.41) is 0. The van der Waals surface area contributed by atoms with E-state index in [1.54, 1.807) is 5.54 Å². The molecular formula is C9H16Cl2N4. The van der Waals surface area contributed by atoms with Gasteiger partial charge < -0.3 is 0 Å². The lowest BCUT2D eigenvalue weighted by molar-refractivity contribution is -0.229. The maximum Gasteiger partial charge on any atom is 0.0702 e. The van der Waals surface area contributed by atoms with E-state index in [4.69, 9.17) is 11.6 Å². The Bertz CT molecular complexity index is 230. The van der Waals surface area contributed by atoms with E-state index in [1.807, 2.05) is 0 Å². The monoisotopic (exact) mass is 250 g/mol. The molecule has 0 atom stereocenters. The second kappa shape index (κ2) is 4.57. The molecule has 0 unspecified atom stereocenters. The first-order valence-corrected chi connectivity index (χ1v) is 5.48. The van der Waals surface area contributed by atoms with Gasteiger partial charge in [-0.1, -0.05) is 17.7 Å². The number of rotatable bonds is 2. The molecule has 4 heterocycles. The van der Waals surface area contributed by atoms with Crippen molar-refractivity contribution < 1.29 is 0 Å². The van der Waals surface area contributed by atoms with Crippen molar-refractivity contribution in [2.45, 2.75) is 12.6 Å².